The van der Waals surface area contributed by atoms with E-state index in [1.807, 2.05) is 0 Å². The first-order valence-corrected chi connectivity index (χ1v) is 7.71. The highest BCUT2D eigenvalue weighted by Crippen LogP contribution is 2.27. The van der Waals surface area contributed by atoms with Crippen molar-refractivity contribution in [2.45, 2.75) is 40.5 Å². The fourth-order valence-corrected chi connectivity index (χ4v) is 2.75. The van der Waals surface area contributed by atoms with Crippen molar-refractivity contribution in [3.05, 3.63) is 47.5 Å². The molecular formula is C19H27N. The number of nitrogens with one attached hydrogen (secondary N) is 1. The van der Waals surface area contributed by atoms with Gasteiger partial charge in [0.25, 0.3) is 0 Å². The second-order valence-corrected chi connectivity index (χ2v) is 6.53. The van der Waals surface area contributed by atoms with Crippen molar-refractivity contribution < 1.29 is 0 Å². The Bertz CT molecular complexity index is 569. The Morgan fingerprint density at radius 1 is 1.00 bits per heavy atom. The lowest BCUT2D eigenvalue weighted by Crippen LogP contribution is -2.29. The lowest BCUT2D eigenvalue weighted by atomic mass is 9.85. The largest absolute Gasteiger partial charge is 0.316 e. The van der Waals surface area contributed by atoms with Crippen LogP contribution in [0.4, 0.5) is 0 Å². The van der Waals surface area contributed by atoms with Gasteiger partial charge in [0.2, 0.25) is 0 Å². The van der Waals surface area contributed by atoms with Crippen molar-refractivity contribution in [3.8, 4) is 0 Å². The molecule has 0 aromatic heterocycles. The number of rotatable bonds is 6. The van der Waals surface area contributed by atoms with E-state index < -0.39 is 0 Å². The maximum Gasteiger partial charge on any atom is 0.000251 e. The third-order valence-electron chi connectivity index (χ3n) is 4.16. The molecule has 0 aliphatic rings. The monoisotopic (exact) mass is 269 g/mol. The first-order chi connectivity index (χ1) is 9.53. The summed E-state index contributed by atoms with van der Waals surface area (Å²) in [4.78, 5) is 0. The van der Waals surface area contributed by atoms with Crippen LogP contribution < -0.4 is 5.32 Å². The second kappa shape index (κ2) is 6.41. The highest BCUT2D eigenvalue weighted by atomic mass is 14.9. The zero-order valence-electron chi connectivity index (χ0n) is 13.3. The van der Waals surface area contributed by atoms with Crippen molar-refractivity contribution in [1.82, 2.24) is 5.32 Å². The van der Waals surface area contributed by atoms with E-state index in [1.165, 1.54) is 28.3 Å². The van der Waals surface area contributed by atoms with Crippen molar-refractivity contribution >= 4 is 10.8 Å². The maximum absolute atomic E-state index is 3.47. The molecule has 0 heterocycles. The molecule has 0 saturated heterocycles. The molecule has 108 valence electrons. The fourth-order valence-electron chi connectivity index (χ4n) is 2.75. The Kier molecular flexibility index (Phi) is 4.82. The SMILES string of the molecule is CCNCC(C)(C)CCc1ccc(C)c2ccccc12. The predicted molar refractivity (Wildman–Crippen MR) is 89.3 cm³/mol. The minimum atomic E-state index is 0.349. The quantitative estimate of drug-likeness (QED) is 0.800. The van der Waals surface area contributed by atoms with Crippen LogP contribution in [0.25, 0.3) is 10.8 Å². The molecular weight excluding hydrogens is 242 g/mol. The van der Waals surface area contributed by atoms with Crippen LogP contribution in [-0.4, -0.2) is 13.1 Å². The van der Waals surface area contributed by atoms with Crippen molar-refractivity contribution in [2.24, 2.45) is 5.41 Å². The molecule has 0 radical (unpaired) electrons. The van der Waals surface area contributed by atoms with Crippen LogP contribution in [0.15, 0.2) is 36.4 Å². The predicted octanol–water partition coefficient (Wildman–Crippen LogP) is 4.72. The van der Waals surface area contributed by atoms with Gasteiger partial charge < -0.3 is 5.32 Å². The van der Waals surface area contributed by atoms with Crippen LogP contribution >= 0.6 is 0 Å². The summed E-state index contributed by atoms with van der Waals surface area (Å²) >= 11 is 0. The van der Waals surface area contributed by atoms with Crippen LogP contribution in [0.3, 0.4) is 0 Å². The summed E-state index contributed by atoms with van der Waals surface area (Å²) in [6.07, 6.45) is 2.37. The summed E-state index contributed by atoms with van der Waals surface area (Å²) in [5.41, 5.74) is 3.20. The molecule has 2 aromatic rings. The van der Waals surface area contributed by atoms with Gasteiger partial charge >= 0.3 is 0 Å². The van der Waals surface area contributed by atoms with E-state index in [9.17, 15) is 0 Å². The molecule has 0 aliphatic heterocycles. The number of hydrogen-bond acceptors (Lipinski definition) is 1. The van der Waals surface area contributed by atoms with Crippen LogP contribution in [0.5, 0.6) is 0 Å². The van der Waals surface area contributed by atoms with Gasteiger partial charge in [0.05, 0.1) is 0 Å². The molecule has 0 aliphatic carbocycles. The molecule has 1 N–H and O–H groups in total. The third kappa shape index (κ3) is 3.61. The van der Waals surface area contributed by atoms with Gasteiger partial charge in [-0.25, -0.2) is 0 Å². The molecule has 0 unspecified atom stereocenters. The molecule has 0 bridgehead atoms. The van der Waals surface area contributed by atoms with Crippen LogP contribution in [0.2, 0.25) is 0 Å². The Balaban J connectivity index is 2.16. The van der Waals surface area contributed by atoms with E-state index in [0.29, 0.717) is 5.41 Å². The summed E-state index contributed by atoms with van der Waals surface area (Å²) in [7, 11) is 0. The van der Waals surface area contributed by atoms with E-state index in [1.54, 1.807) is 0 Å². The molecule has 1 heteroatoms. The molecule has 20 heavy (non-hydrogen) atoms. The standard InChI is InChI=1S/C19H27N/c1-5-20-14-19(3,4)13-12-16-11-10-15(2)17-8-6-7-9-18(16)17/h6-11,20H,5,12-14H2,1-4H3. The lowest BCUT2D eigenvalue weighted by molar-refractivity contribution is 0.318. The van der Waals surface area contributed by atoms with Gasteiger partial charge in [0.15, 0.2) is 0 Å². The summed E-state index contributed by atoms with van der Waals surface area (Å²) in [6, 6.07) is 13.3. The first kappa shape index (κ1) is 15.1. The van der Waals surface area contributed by atoms with Crippen molar-refractivity contribution in [1.29, 1.82) is 0 Å². The molecule has 1 nitrogen and oxygen atoms in total. The summed E-state index contributed by atoms with van der Waals surface area (Å²) in [6.45, 7) is 11.2. The van der Waals surface area contributed by atoms with Crippen molar-refractivity contribution in [3.63, 3.8) is 0 Å². The van der Waals surface area contributed by atoms with Gasteiger partial charge in [0, 0.05) is 6.54 Å². The number of hydrogen-bond donors (Lipinski definition) is 1. The van der Waals surface area contributed by atoms with E-state index >= 15 is 0 Å². The van der Waals surface area contributed by atoms with E-state index in [2.05, 4.69) is 69.4 Å². The molecule has 2 aromatic carbocycles. The molecule has 2 rings (SSSR count). The number of aryl methyl sites for hydroxylation is 2. The Morgan fingerprint density at radius 2 is 1.70 bits per heavy atom. The van der Waals surface area contributed by atoms with Gasteiger partial charge in [-0.15, -0.1) is 0 Å². The minimum Gasteiger partial charge on any atom is -0.316 e. The average molecular weight is 269 g/mol. The second-order valence-electron chi connectivity index (χ2n) is 6.53. The first-order valence-electron chi connectivity index (χ1n) is 7.71. The smallest absolute Gasteiger partial charge is 0.000251 e. The van der Waals surface area contributed by atoms with Gasteiger partial charge in [0.1, 0.15) is 0 Å². The van der Waals surface area contributed by atoms with E-state index in [0.717, 1.165) is 19.5 Å². The Labute approximate surface area is 123 Å². The summed E-state index contributed by atoms with van der Waals surface area (Å²) < 4.78 is 0. The zero-order valence-corrected chi connectivity index (χ0v) is 13.3. The lowest BCUT2D eigenvalue weighted by Gasteiger charge is -2.25. The fraction of sp³-hybridized carbons (Fsp3) is 0.474. The number of fused-ring (bicyclic) bond motifs is 1. The molecule has 0 saturated carbocycles. The molecule has 0 amide bonds. The number of benzene rings is 2. The van der Waals surface area contributed by atoms with Crippen LogP contribution in [0.1, 0.15) is 38.3 Å². The van der Waals surface area contributed by atoms with Gasteiger partial charge in [-0.3, -0.25) is 0 Å². The van der Waals surface area contributed by atoms with Crippen LogP contribution in [0, 0.1) is 12.3 Å². The van der Waals surface area contributed by atoms with Gasteiger partial charge in [-0.2, -0.15) is 0 Å². The van der Waals surface area contributed by atoms with Gasteiger partial charge in [-0.05, 0) is 53.6 Å². The topological polar surface area (TPSA) is 12.0 Å². The highest BCUT2D eigenvalue weighted by Gasteiger charge is 2.17. The summed E-state index contributed by atoms with van der Waals surface area (Å²) in [5.74, 6) is 0. The molecule has 0 fully saturated rings. The molecule has 0 atom stereocenters. The van der Waals surface area contributed by atoms with Crippen LogP contribution in [-0.2, 0) is 6.42 Å². The highest BCUT2D eigenvalue weighted by molar-refractivity contribution is 5.88. The normalized spacial score (nSPS) is 12.0. The third-order valence-corrected chi connectivity index (χ3v) is 4.16. The minimum absolute atomic E-state index is 0.349. The molecule has 0 spiro atoms. The Hall–Kier alpha value is -1.34. The van der Waals surface area contributed by atoms with E-state index in [-0.39, 0.29) is 0 Å². The summed E-state index contributed by atoms with van der Waals surface area (Å²) in [5, 5.41) is 6.29. The van der Waals surface area contributed by atoms with E-state index in [4.69, 9.17) is 0 Å². The average Bonchev–Trinajstić information content (AvgIpc) is 2.45. The van der Waals surface area contributed by atoms with Gasteiger partial charge in [-0.1, -0.05) is 57.2 Å². The Morgan fingerprint density at radius 3 is 2.40 bits per heavy atom. The zero-order chi connectivity index (χ0) is 14.6. The maximum atomic E-state index is 3.47. The van der Waals surface area contributed by atoms with Crippen molar-refractivity contribution in [2.75, 3.05) is 13.1 Å².